The maximum atomic E-state index is 4.77. The van der Waals surface area contributed by atoms with Crippen LogP contribution in [-0.2, 0) is 0 Å². The molecule has 1 aliphatic rings. The van der Waals surface area contributed by atoms with Crippen LogP contribution in [0.25, 0.3) is 10.9 Å². The molecule has 0 radical (unpaired) electrons. The summed E-state index contributed by atoms with van der Waals surface area (Å²) in [5.74, 6) is 0.884. The highest BCUT2D eigenvalue weighted by molar-refractivity contribution is 5.82. The summed E-state index contributed by atoms with van der Waals surface area (Å²) >= 11 is 0. The van der Waals surface area contributed by atoms with E-state index < -0.39 is 0 Å². The van der Waals surface area contributed by atoms with Crippen molar-refractivity contribution >= 4 is 10.9 Å². The predicted molar refractivity (Wildman–Crippen MR) is 108 cm³/mol. The lowest BCUT2D eigenvalue weighted by Crippen LogP contribution is -2.14. The maximum Gasteiger partial charge on any atom is 0.0688 e. The van der Waals surface area contributed by atoms with Crippen LogP contribution < -0.4 is 0 Å². The monoisotopic (exact) mass is 330 g/mol. The van der Waals surface area contributed by atoms with Gasteiger partial charge >= 0.3 is 0 Å². The van der Waals surface area contributed by atoms with Crippen LogP contribution in [0.2, 0.25) is 0 Å². The van der Waals surface area contributed by atoms with Crippen molar-refractivity contribution in [1.82, 2.24) is 9.78 Å². The molecule has 2 heteroatoms. The molecular formula is C22H38N2. The van der Waals surface area contributed by atoms with Crippen LogP contribution in [0.5, 0.6) is 0 Å². The Bertz CT molecular complexity index is 589. The molecule has 2 aromatic rings. The second-order valence-electron chi connectivity index (χ2n) is 7.14. The lowest BCUT2D eigenvalue weighted by atomic mass is 9.95. The molecule has 24 heavy (non-hydrogen) atoms. The SMILES string of the molecule is CC.CCC(C)C.Cc1ccc2c(c1)c(C)nn2C1CCCCC1. The average molecular weight is 331 g/mol. The Morgan fingerprint density at radius 1 is 1.08 bits per heavy atom. The number of fused-ring (bicyclic) bond motifs is 1. The van der Waals surface area contributed by atoms with Crippen LogP contribution in [0.4, 0.5) is 0 Å². The summed E-state index contributed by atoms with van der Waals surface area (Å²) in [5, 5.41) is 6.10. The zero-order valence-corrected chi connectivity index (χ0v) is 17.0. The molecule has 0 spiro atoms. The number of nitrogens with zero attached hydrogens (tertiary/aromatic N) is 2. The number of hydrogen-bond acceptors (Lipinski definition) is 1. The summed E-state index contributed by atoms with van der Waals surface area (Å²) < 4.78 is 2.28. The molecule has 3 rings (SSSR count). The van der Waals surface area contributed by atoms with E-state index in [1.807, 2.05) is 13.8 Å². The Labute approximate surface area is 149 Å². The van der Waals surface area contributed by atoms with Gasteiger partial charge in [0, 0.05) is 5.39 Å². The Hall–Kier alpha value is -1.31. The predicted octanol–water partition coefficient (Wildman–Crippen LogP) is 7.24. The Kier molecular flexibility index (Phi) is 9.10. The lowest BCUT2D eigenvalue weighted by molar-refractivity contribution is 0.336. The van der Waals surface area contributed by atoms with Crippen molar-refractivity contribution in [2.45, 2.75) is 93.0 Å². The minimum absolute atomic E-state index is 0.627. The highest BCUT2D eigenvalue weighted by atomic mass is 15.3. The summed E-state index contributed by atoms with van der Waals surface area (Å²) in [7, 11) is 0. The van der Waals surface area contributed by atoms with Crippen molar-refractivity contribution in [2.75, 3.05) is 0 Å². The average Bonchev–Trinajstić information content (AvgIpc) is 2.94. The first-order valence-corrected chi connectivity index (χ1v) is 9.98. The third kappa shape index (κ3) is 5.65. The smallest absolute Gasteiger partial charge is 0.0688 e. The fourth-order valence-corrected chi connectivity index (χ4v) is 3.01. The summed E-state index contributed by atoms with van der Waals surface area (Å²) in [6, 6.07) is 7.32. The van der Waals surface area contributed by atoms with Crippen LogP contribution in [0.15, 0.2) is 18.2 Å². The Balaban J connectivity index is 0.000000356. The van der Waals surface area contributed by atoms with Gasteiger partial charge in [0.2, 0.25) is 0 Å². The van der Waals surface area contributed by atoms with E-state index in [0.717, 1.165) is 5.92 Å². The van der Waals surface area contributed by atoms with Gasteiger partial charge in [-0.3, -0.25) is 4.68 Å². The first-order valence-electron chi connectivity index (χ1n) is 9.98. The summed E-state index contributed by atoms with van der Waals surface area (Å²) in [4.78, 5) is 0. The molecule has 1 aromatic heterocycles. The molecule has 1 aliphatic carbocycles. The van der Waals surface area contributed by atoms with Gasteiger partial charge in [0.15, 0.2) is 0 Å². The molecule has 0 N–H and O–H groups in total. The molecular weight excluding hydrogens is 292 g/mol. The fourth-order valence-electron chi connectivity index (χ4n) is 3.01. The molecule has 0 bridgehead atoms. The molecule has 2 nitrogen and oxygen atoms in total. The van der Waals surface area contributed by atoms with Gasteiger partial charge in [0.05, 0.1) is 17.3 Å². The van der Waals surface area contributed by atoms with Gasteiger partial charge in [-0.2, -0.15) is 5.10 Å². The van der Waals surface area contributed by atoms with E-state index in [0.29, 0.717) is 6.04 Å². The van der Waals surface area contributed by atoms with Crippen molar-refractivity contribution in [2.24, 2.45) is 5.92 Å². The summed E-state index contributed by atoms with van der Waals surface area (Å²) in [6.07, 6.45) is 8.01. The third-order valence-corrected chi connectivity index (χ3v) is 4.78. The highest BCUT2D eigenvalue weighted by Gasteiger charge is 2.19. The molecule has 0 atom stereocenters. The van der Waals surface area contributed by atoms with Gasteiger partial charge in [0.25, 0.3) is 0 Å². The molecule has 1 aromatic carbocycles. The number of hydrogen-bond donors (Lipinski definition) is 0. The van der Waals surface area contributed by atoms with Gasteiger partial charge < -0.3 is 0 Å². The molecule has 1 saturated carbocycles. The van der Waals surface area contributed by atoms with Crippen molar-refractivity contribution in [3.8, 4) is 0 Å². The van der Waals surface area contributed by atoms with E-state index in [4.69, 9.17) is 5.10 Å². The van der Waals surface area contributed by atoms with Gasteiger partial charge in [-0.25, -0.2) is 0 Å². The van der Waals surface area contributed by atoms with Crippen molar-refractivity contribution < 1.29 is 0 Å². The standard InChI is InChI=1S/C15H20N2.C5H12.C2H6/c1-11-8-9-15-14(10-11)12(2)16-17(15)13-6-4-3-5-7-13;1-4-5(2)3;1-2/h8-10,13H,3-7H2,1-2H3;5H,4H2,1-3H3;1-2H3. The van der Waals surface area contributed by atoms with Gasteiger partial charge in [-0.05, 0) is 44.7 Å². The van der Waals surface area contributed by atoms with Crippen LogP contribution >= 0.6 is 0 Å². The molecule has 1 fully saturated rings. The van der Waals surface area contributed by atoms with Crippen LogP contribution in [0.3, 0.4) is 0 Å². The van der Waals surface area contributed by atoms with Gasteiger partial charge in [-0.15, -0.1) is 0 Å². The Morgan fingerprint density at radius 2 is 1.67 bits per heavy atom. The van der Waals surface area contributed by atoms with E-state index in [2.05, 4.69) is 57.5 Å². The fraction of sp³-hybridized carbons (Fsp3) is 0.682. The molecule has 136 valence electrons. The largest absolute Gasteiger partial charge is 0.262 e. The zero-order valence-electron chi connectivity index (χ0n) is 17.0. The quantitative estimate of drug-likeness (QED) is 0.567. The topological polar surface area (TPSA) is 17.8 Å². The molecule has 0 saturated heterocycles. The number of aromatic nitrogens is 2. The van der Waals surface area contributed by atoms with E-state index in [1.54, 1.807) is 0 Å². The van der Waals surface area contributed by atoms with Crippen LogP contribution in [0.1, 0.15) is 90.4 Å². The van der Waals surface area contributed by atoms with Gasteiger partial charge in [0.1, 0.15) is 0 Å². The Morgan fingerprint density at radius 3 is 2.21 bits per heavy atom. The second kappa shape index (κ2) is 10.5. The maximum absolute atomic E-state index is 4.77. The van der Waals surface area contributed by atoms with Crippen LogP contribution in [-0.4, -0.2) is 9.78 Å². The van der Waals surface area contributed by atoms with E-state index in [1.165, 1.54) is 60.7 Å². The highest BCUT2D eigenvalue weighted by Crippen LogP contribution is 2.31. The second-order valence-corrected chi connectivity index (χ2v) is 7.14. The zero-order chi connectivity index (χ0) is 18.1. The summed E-state index contributed by atoms with van der Waals surface area (Å²) in [5.41, 5.74) is 3.82. The molecule has 0 amide bonds. The number of rotatable bonds is 2. The first-order chi connectivity index (χ1) is 11.5. The molecule has 0 unspecified atom stereocenters. The van der Waals surface area contributed by atoms with Crippen molar-refractivity contribution in [3.63, 3.8) is 0 Å². The lowest BCUT2D eigenvalue weighted by Gasteiger charge is -2.22. The van der Waals surface area contributed by atoms with Gasteiger partial charge in [-0.1, -0.05) is 71.9 Å². The minimum atomic E-state index is 0.627. The van der Waals surface area contributed by atoms with Crippen LogP contribution in [0, 0.1) is 19.8 Å². The summed E-state index contributed by atoms with van der Waals surface area (Å²) in [6.45, 7) is 14.9. The first kappa shape index (κ1) is 20.7. The molecule has 1 heterocycles. The van der Waals surface area contributed by atoms with E-state index >= 15 is 0 Å². The normalized spacial score (nSPS) is 14.8. The van der Waals surface area contributed by atoms with Crippen molar-refractivity contribution in [1.29, 1.82) is 0 Å². The molecule has 0 aliphatic heterocycles. The van der Waals surface area contributed by atoms with E-state index in [9.17, 15) is 0 Å². The van der Waals surface area contributed by atoms with E-state index in [-0.39, 0.29) is 0 Å². The number of benzene rings is 1. The third-order valence-electron chi connectivity index (χ3n) is 4.78. The number of aryl methyl sites for hydroxylation is 2. The minimum Gasteiger partial charge on any atom is -0.262 e. The van der Waals surface area contributed by atoms with Crippen molar-refractivity contribution in [3.05, 3.63) is 29.5 Å².